The summed E-state index contributed by atoms with van der Waals surface area (Å²) in [6.45, 7) is 7.68. The van der Waals surface area contributed by atoms with Gasteiger partial charge in [0.2, 0.25) is 5.91 Å². The Morgan fingerprint density at radius 3 is 2.75 bits per heavy atom. The molecule has 130 valence electrons. The monoisotopic (exact) mass is 365 g/mol. The molecule has 2 aromatic heterocycles. The number of carbonyl (C=O) groups is 1. The van der Waals surface area contributed by atoms with Gasteiger partial charge in [0, 0.05) is 10.4 Å². The Hall–Kier alpha value is -1.34. The Morgan fingerprint density at radius 1 is 1.33 bits per heavy atom. The molecule has 0 aliphatic heterocycles. The van der Waals surface area contributed by atoms with Crippen LogP contribution in [0.5, 0.6) is 0 Å². The van der Waals surface area contributed by atoms with Crippen molar-refractivity contribution in [2.24, 2.45) is 0 Å². The molecule has 2 N–H and O–H groups in total. The number of H-pyrrole nitrogens is 1. The van der Waals surface area contributed by atoms with Crippen LogP contribution in [0.1, 0.15) is 51.0 Å². The lowest BCUT2D eigenvalue weighted by molar-refractivity contribution is -0.121. The minimum Gasteiger partial charge on any atom is -0.351 e. The van der Waals surface area contributed by atoms with Gasteiger partial charge in [0.1, 0.15) is 4.83 Å². The fraction of sp³-hybridized carbons (Fsp3) is 0.588. The van der Waals surface area contributed by atoms with Gasteiger partial charge in [-0.2, -0.15) is 0 Å². The fourth-order valence-electron chi connectivity index (χ4n) is 2.89. The number of aromatic amines is 1. The van der Waals surface area contributed by atoms with Gasteiger partial charge in [-0.25, -0.2) is 4.98 Å². The molecular weight excluding hydrogens is 342 g/mol. The van der Waals surface area contributed by atoms with E-state index in [0.29, 0.717) is 5.16 Å². The molecular formula is C17H23N3O2S2. The number of nitrogens with zero attached hydrogens (tertiary/aromatic N) is 1. The van der Waals surface area contributed by atoms with Crippen LogP contribution >= 0.6 is 23.1 Å². The van der Waals surface area contributed by atoms with E-state index in [-0.39, 0.29) is 22.3 Å². The minimum absolute atomic E-state index is 0.0549. The van der Waals surface area contributed by atoms with E-state index >= 15 is 0 Å². The van der Waals surface area contributed by atoms with Crippen molar-refractivity contribution in [3.63, 3.8) is 0 Å². The topological polar surface area (TPSA) is 74.8 Å². The molecule has 5 nitrogen and oxygen atoms in total. The van der Waals surface area contributed by atoms with Gasteiger partial charge in [0.05, 0.1) is 10.6 Å². The van der Waals surface area contributed by atoms with Gasteiger partial charge >= 0.3 is 0 Å². The largest absolute Gasteiger partial charge is 0.351 e. The third kappa shape index (κ3) is 3.67. The van der Waals surface area contributed by atoms with Gasteiger partial charge in [-0.1, -0.05) is 11.8 Å². The first-order chi connectivity index (χ1) is 11.2. The maximum absolute atomic E-state index is 12.5. The van der Waals surface area contributed by atoms with Crippen LogP contribution in [0.15, 0.2) is 9.95 Å². The molecule has 0 spiro atoms. The van der Waals surface area contributed by atoms with Crippen molar-refractivity contribution in [2.75, 3.05) is 0 Å². The highest BCUT2D eigenvalue weighted by atomic mass is 32.2. The summed E-state index contributed by atoms with van der Waals surface area (Å²) in [7, 11) is 0. The second-order valence-corrected chi connectivity index (χ2v) is 9.67. The zero-order chi connectivity index (χ0) is 17.5. The fourth-order valence-corrected chi connectivity index (χ4v) is 5.01. The van der Waals surface area contributed by atoms with E-state index in [4.69, 9.17) is 0 Å². The Balaban J connectivity index is 1.86. The second-order valence-electron chi connectivity index (χ2n) is 7.26. The number of rotatable bonds is 3. The van der Waals surface area contributed by atoms with Crippen LogP contribution in [0, 0.1) is 0 Å². The first-order valence-corrected chi connectivity index (χ1v) is 9.97. The summed E-state index contributed by atoms with van der Waals surface area (Å²) in [5.41, 5.74) is 0.833. The molecule has 0 saturated heterocycles. The van der Waals surface area contributed by atoms with Crippen molar-refractivity contribution in [1.29, 1.82) is 0 Å². The summed E-state index contributed by atoms with van der Waals surface area (Å²) in [6, 6.07) is 0. The summed E-state index contributed by atoms with van der Waals surface area (Å²) in [5, 5.41) is 3.91. The quantitative estimate of drug-likeness (QED) is 0.647. The van der Waals surface area contributed by atoms with Crippen LogP contribution in [0.2, 0.25) is 0 Å². The van der Waals surface area contributed by atoms with Crippen molar-refractivity contribution in [3.05, 3.63) is 20.8 Å². The molecule has 0 aromatic carbocycles. The molecule has 0 fully saturated rings. The van der Waals surface area contributed by atoms with E-state index in [1.54, 1.807) is 11.3 Å². The van der Waals surface area contributed by atoms with Crippen LogP contribution in [-0.4, -0.2) is 26.7 Å². The van der Waals surface area contributed by atoms with E-state index in [0.717, 1.165) is 29.5 Å². The highest BCUT2D eigenvalue weighted by Gasteiger charge is 2.23. The number of hydrogen-bond acceptors (Lipinski definition) is 5. The molecule has 2 heterocycles. The first-order valence-electron chi connectivity index (χ1n) is 8.28. The Morgan fingerprint density at radius 2 is 2.04 bits per heavy atom. The maximum atomic E-state index is 12.5. The number of thioether (sulfide) groups is 1. The van der Waals surface area contributed by atoms with Gasteiger partial charge in [0.15, 0.2) is 5.16 Å². The van der Waals surface area contributed by atoms with Crippen molar-refractivity contribution < 1.29 is 4.79 Å². The summed E-state index contributed by atoms with van der Waals surface area (Å²) in [6.07, 6.45) is 4.34. The lowest BCUT2D eigenvalue weighted by atomic mass is 9.97. The number of hydrogen-bond donors (Lipinski definition) is 2. The Labute approximate surface area is 149 Å². The smallest absolute Gasteiger partial charge is 0.260 e. The highest BCUT2D eigenvalue weighted by Crippen LogP contribution is 2.34. The van der Waals surface area contributed by atoms with Crippen LogP contribution < -0.4 is 10.9 Å². The summed E-state index contributed by atoms with van der Waals surface area (Å²) < 4.78 is 0. The predicted octanol–water partition coefficient (Wildman–Crippen LogP) is 3.26. The van der Waals surface area contributed by atoms with E-state index in [9.17, 15) is 9.59 Å². The number of nitrogens with one attached hydrogen (secondary N) is 2. The molecule has 1 atom stereocenters. The number of thiophene rings is 1. The Bertz CT molecular complexity index is 833. The molecule has 0 radical (unpaired) electrons. The average Bonchev–Trinajstić information content (AvgIpc) is 2.83. The molecule has 1 aliphatic rings. The van der Waals surface area contributed by atoms with Crippen molar-refractivity contribution in [2.45, 2.75) is 69.3 Å². The van der Waals surface area contributed by atoms with Gasteiger partial charge in [-0.15, -0.1) is 11.3 Å². The van der Waals surface area contributed by atoms with Crippen LogP contribution in [-0.2, 0) is 17.6 Å². The average molecular weight is 366 g/mol. The number of fused-ring (bicyclic) bond motifs is 3. The first kappa shape index (κ1) is 17.5. The summed E-state index contributed by atoms with van der Waals surface area (Å²) in [4.78, 5) is 34.3. The van der Waals surface area contributed by atoms with Crippen LogP contribution in [0.4, 0.5) is 0 Å². The van der Waals surface area contributed by atoms with Gasteiger partial charge in [-0.05, 0) is 58.9 Å². The summed E-state index contributed by atoms with van der Waals surface area (Å²) >= 11 is 2.92. The van der Waals surface area contributed by atoms with E-state index in [1.165, 1.54) is 28.6 Å². The number of aryl methyl sites for hydroxylation is 2. The molecule has 1 amide bonds. The zero-order valence-electron chi connectivity index (χ0n) is 14.5. The standard InChI is InChI=1S/C17H23N3O2S2/c1-9(13(21)20-17(2,3)4)23-16-18-14(22)12-10-7-5-6-8-11(10)24-15(12)19-16/h9H,5-8H2,1-4H3,(H,20,21)(H,18,19,22)/t9-/m1/s1. The lowest BCUT2D eigenvalue weighted by Crippen LogP contribution is -2.44. The maximum Gasteiger partial charge on any atom is 0.260 e. The molecule has 2 aromatic rings. The van der Waals surface area contributed by atoms with E-state index < -0.39 is 0 Å². The molecule has 0 saturated carbocycles. The number of aromatic nitrogens is 2. The normalized spacial score (nSPS) is 16.0. The molecule has 0 unspecified atom stereocenters. The lowest BCUT2D eigenvalue weighted by Gasteiger charge is -2.22. The molecule has 24 heavy (non-hydrogen) atoms. The van der Waals surface area contributed by atoms with Gasteiger partial charge in [-0.3, -0.25) is 9.59 Å². The minimum atomic E-state index is -0.320. The second kappa shape index (κ2) is 6.52. The van der Waals surface area contributed by atoms with Gasteiger partial charge < -0.3 is 10.3 Å². The third-order valence-electron chi connectivity index (χ3n) is 3.96. The number of carbonyl (C=O) groups excluding carboxylic acids is 1. The Kier molecular flexibility index (Phi) is 4.75. The van der Waals surface area contributed by atoms with Crippen molar-refractivity contribution >= 4 is 39.2 Å². The summed E-state index contributed by atoms with van der Waals surface area (Å²) in [5.74, 6) is -0.0549. The third-order valence-corrected chi connectivity index (χ3v) is 6.13. The molecule has 3 rings (SSSR count). The predicted molar refractivity (Wildman–Crippen MR) is 100 cm³/mol. The van der Waals surface area contributed by atoms with Crippen molar-refractivity contribution in [3.8, 4) is 0 Å². The zero-order valence-corrected chi connectivity index (χ0v) is 16.1. The van der Waals surface area contributed by atoms with Crippen molar-refractivity contribution in [1.82, 2.24) is 15.3 Å². The molecule has 7 heteroatoms. The van der Waals surface area contributed by atoms with Crippen LogP contribution in [0.3, 0.4) is 0 Å². The van der Waals surface area contributed by atoms with E-state index in [2.05, 4.69) is 15.3 Å². The highest BCUT2D eigenvalue weighted by molar-refractivity contribution is 8.00. The molecule has 1 aliphatic carbocycles. The molecule has 0 bridgehead atoms. The SMILES string of the molecule is C[C@@H](Sc1nc2sc3c(c2c(=O)[nH]1)CCCC3)C(=O)NC(C)(C)C. The van der Waals surface area contributed by atoms with E-state index in [1.807, 2.05) is 27.7 Å². The number of amides is 1. The van der Waals surface area contributed by atoms with Gasteiger partial charge in [0.25, 0.3) is 5.56 Å². The van der Waals surface area contributed by atoms with Crippen LogP contribution in [0.25, 0.3) is 10.2 Å².